The lowest BCUT2D eigenvalue weighted by molar-refractivity contribution is -0.301. The van der Waals surface area contributed by atoms with Gasteiger partial charge in [0.25, 0.3) is 0 Å². The van der Waals surface area contributed by atoms with Crippen molar-refractivity contribution in [2.24, 2.45) is 5.11 Å². The number of carbonyl (C=O) groups excluding carboxylic acids is 1. The first-order chi connectivity index (χ1) is 10.7. The van der Waals surface area contributed by atoms with Crippen LogP contribution in [0, 0.1) is 0 Å². The average Bonchev–Trinajstić information content (AvgIpc) is 2.58. The third-order valence-electron chi connectivity index (χ3n) is 3.64. The molecule has 2 saturated heterocycles. The lowest BCUT2D eigenvalue weighted by Crippen LogP contribution is -2.59. The van der Waals surface area contributed by atoms with Crippen molar-refractivity contribution in [3.8, 4) is 0 Å². The van der Waals surface area contributed by atoms with Gasteiger partial charge in [0, 0.05) is 17.6 Å². The molecule has 0 saturated carbocycles. The summed E-state index contributed by atoms with van der Waals surface area (Å²) >= 11 is 0. The number of Topliss-reactive ketones (excluding diaryl/α,β-unsaturated/α-hetero) is 1. The van der Waals surface area contributed by atoms with E-state index >= 15 is 0 Å². The standard InChI is InChI=1S/C14H15N3O5/c1-19-14-10(16-17-15)11(18)12-9(21-14)7-20-13(22-12)8-5-3-2-4-6-8/h2-6,9-10,12-14H,7H2,1H3/t9-,10-,12-,13?,14+/m1/s1. The maximum Gasteiger partial charge on any atom is 0.184 e. The predicted octanol–water partition coefficient (Wildman–Crippen LogP) is 1.72. The number of nitrogens with zero attached hydrogens (tertiary/aromatic N) is 3. The molecule has 0 spiro atoms. The molecule has 1 aromatic rings. The number of ketones is 1. The maximum atomic E-state index is 12.5. The minimum Gasteiger partial charge on any atom is -0.355 e. The van der Waals surface area contributed by atoms with Gasteiger partial charge >= 0.3 is 0 Å². The molecule has 1 aromatic carbocycles. The second-order valence-electron chi connectivity index (χ2n) is 4.96. The van der Waals surface area contributed by atoms with Crippen molar-refractivity contribution in [2.45, 2.75) is 30.8 Å². The molecule has 0 radical (unpaired) electrons. The molecule has 0 amide bonds. The number of methoxy groups -OCH3 is 1. The van der Waals surface area contributed by atoms with Crippen molar-refractivity contribution in [3.05, 3.63) is 46.3 Å². The summed E-state index contributed by atoms with van der Waals surface area (Å²) in [4.78, 5) is 15.2. The van der Waals surface area contributed by atoms with Gasteiger partial charge in [0.2, 0.25) is 0 Å². The first-order valence-corrected chi connectivity index (χ1v) is 6.83. The van der Waals surface area contributed by atoms with Crippen LogP contribution in [0.15, 0.2) is 35.4 Å². The van der Waals surface area contributed by atoms with Crippen LogP contribution in [0.1, 0.15) is 11.9 Å². The topological polar surface area (TPSA) is 103 Å². The molecule has 22 heavy (non-hydrogen) atoms. The van der Waals surface area contributed by atoms with Crippen LogP contribution in [0.2, 0.25) is 0 Å². The van der Waals surface area contributed by atoms with Crippen molar-refractivity contribution < 1.29 is 23.7 Å². The van der Waals surface area contributed by atoms with Gasteiger partial charge in [0.05, 0.1) is 6.61 Å². The first-order valence-electron chi connectivity index (χ1n) is 6.83. The Labute approximate surface area is 126 Å². The molecule has 0 bridgehead atoms. The lowest BCUT2D eigenvalue weighted by atomic mass is 9.98. The Morgan fingerprint density at radius 2 is 2.09 bits per heavy atom. The van der Waals surface area contributed by atoms with Crippen molar-refractivity contribution in [1.82, 2.24) is 0 Å². The SMILES string of the molecule is CO[C@H]1O[C@@H]2COC(c3ccccc3)O[C@H]2C(=O)[C@H]1N=[N+]=[N-]. The zero-order valence-electron chi connectivity index (χ0n) is 11.9. The number of azide groups is 1. The number of carbonyl (C=O) groups is 1. The molecule has 2 fully saturated rings. The molecule has 0 N–H and O–H groups in total. The van der Waals surface area contributed by atoms with Crippen LogP contribution in [0.3, 0.4) is 0 Å². The zero-order valence-corrected chi connectivity index (χ0v) is 11.9. The van der Waals surface area contributed by atoms with E-state index in [2.05, 4.69) is 10.0 Å². The van der Waals surface area contributed by atoms with E-state index in [4.69, 9.17) is 24.5 Å². The van der Waals surface area contributed by atoms with Gasteiger partial charge in [0.15, 0.2) is 18.4 Å². The molecule has 8 nitrogen and oxygen atoms in total. The summed E-state index contributed by atoms with van der Waals surface area (Å²) in [5, 5.41) is 3.47. The fourth-order valence-corrected chi connectivity index (χ4v) is 2.58. The fourth-order valence-electron chi connectivity index (χ4n) is 2.58. The Morgan fingerprint density at radius 1 is 1.32 bits per heavy atom. The monoisotopic (exact) mass is 305 g/mol. The van der Waals surface area contributed by atoms with Gasteiger partial charge in [-0.15, -0.1) is 0 Å². The predicted molar refractivity (Wildman–Crippen MR) is 73.6 cm³/mol. The average molecular weight is 305 g/mol. The zero-order chi connectivity index (χ0) is 15.5. The van der Waals surface area contributed by atoms with E-state index < -0.39 is 30.8 Å². The van der Waals surface area contributed by atoms with Crippen LogP contribution in [0.4, 0.5) is 0 Å². The molecule has 2 heterocycles. The van der Waals surface area contributed by atoms with E-state index in [-0.39, 0.29) is 12.4 Å². The summed E-state index contributed by atoms with van der Waals surface area (Å²) in [5.74, 6) is -0.356. The molecule has 8 heteroatoms. The molecular formula is C14H15N3O5. The smallest absolute Gasteiger partial charge is 0.184 e. The number of hydrogen-bond donors (Lipinski definition) is 0. The van der Waals surface area contributed by atoms with E-state index in [0.717, 1.165) is 5.56 Å². The Balaban J connectivity index is 1.80. The van der Waals surface area contributed by atoms with Gasteiger partial charge in [-0.2, -0.15) is 0 Å². The van der Waals surface area contributed by atoms with E-state index in [1.807, 2.05) is 30.3 Å². The molecule has 2 aliphatic rings. The number of ether oxygens (including phenoxy) is 4. The normalized spacial score (nSPS) is 34.6. The van der Waals surface area contributed by atoms with Crippen molar-refractivity contribution in [3.63, 3.8) is 0 Å². The van der Waals surface area contributed by atoms with Gasteiger partial charge in [-0.05, 0) is 5.53 Å². The highest BCUT2D eigenvalue weighted by molar-refractivity contribution is 5.90. The number of fused-ring (bicyclic) bond motifs is 1. The molecule has 0 aliphatic carbocycles. The lowest BCUT2D eigenvalue weighted by Gasteiger charge is -2.42. The van der Waals surface area contributed by atoms with Crippen LogP contribution in [0.5, 0.6) is 0 Å². The molecular weight excluding hydrogens is 290 g/mol. The number of hydrogen-bond acceptors (Lipinski definition) is 6. The Kier molecular flexibility index (Phi) is 4.37. The van der Waals surface area contributed by atoms with Gasteiger partial charge in [-0.25, -0.2) is 0 Å². The highest BCUT2D eigenvalue weighted by atomic mass is 16.7. The summed E-state index contributed by atoms with van der Waals surface area (Å²) in [6, 6.07) is 8.23. The fraction of sp³-hybridized carbons (Fsp3) is 0.500. The molecule has 2 aliphatic heterocycles. The van der Waals surface area contributed by atoms with Crippen LogP contribution < -0.4 is 0 Å². The second-order valence-corrected chi connectivity index (χ2v) is 4.96. The van der Waals surface area contributed by atoms with E-state index in [1.54, 1.807) is 0 Å². The molecule has 5 atom stereocenters. The van der Waals surface area contributed by atoms with Crippen LogP contribution in [0.25, 0.3) is 10.4 Å². The van der Waals surface area contributed by atoms with Crippen molar-refractivity contribution >= 4 is 5.78 Å². The third-order valence-corrected chi connectivity index (χ3v) is 3.64. The van der Waals surface area contributed by atoms with Gasteiger partial charge in [-0.1, -0.05) is 35.4 Å². The molecule has 0 aromatic heterocycles. The summed E-state index contributed by atoms with van der Waals surface area (Å²) in [6.07, 6.45) is -3.01. The summed E-state index contributed by atoms with van der Waals surface area (Å²) in [6.45, 7) is 0.193. The number of benzene rings is 1. The summed E-state index contributed by atoms with van der Waals surface area (Å²) < 4.78 is 22.0. The molecule has 116 valence electrons. The van der Waals surface area contributed by atoms with Crippen molar-refractivity contribution in [2.75, 3.05) is 13.7 Å². The minimum atomic E-state index is -1.06. The van der Waals surface area contributed by atoms with Gasteiger partial charge in [-0.3, -0.25) is 4.79 Å². The summed E-state index contributed by atoms with van der Waals surface area (Å²) in [7, 11) is 1.38. The van der Waals surface area contributed by atoms with Crippen molar-refractivity contribution in [1.29, 1.82) is 0 Å². The van der Waals surface area contributed by atoms with Crippen LogP contribution >= 0.6 is 0 Å². The van der Waals surface area contributed by atoms with E-state index in [1.165, 1.54) is 7.11 Å². The Morgan fingerprint density at radius 3 is 2.77 bits per heavy atom. The minimum absolute atomic E-state index is 0.193. The van der Waals surface area contributed by atoms with E-state index in [9.17, 15) is 4.79 Å². The second kappa shape index (κ2) is 6.43. The van der Waals surface area contributed by atoms with E-state index in [0.29, 0.717) is 0 Å². The molecule has 1 unspecified atom stereocenters. The maximum absolute atomic E-state index is 12.5. The van der Waals surface area contributed by atoms with Gasteiger partial charge in [0.1, 0.15) is 18.2 Å². The highest BCUT2D eigenvalue weighted by Gasteiger charge is 2.49. The Bertz CT molecular complexity index is 589. The van der Waals surface area contributed by atoms with Crippen LogP contribution in [-0.2, 0) is 23.7 Å². The highest BCUT2D eigenvalue weighted by Crippen LogP contribution is 2.33. The number of rotatable bonds is 3. The van der Waals surface area contributed by atoms with Gasteiger partial charge < -0.3 is 18.9 Å². The largest absolute Gasteiger partial charge is 0.355 e. The quantitative estimate of drug-likeness (QED) is 0.480. The molecule has 3 rings (SSSR count). The first kappa shape index (κ1) is 15.0. The van der Waals surface area contributed by atoms with Crippen LogP contribution in [-0.4, -0.2) is 44.0 Å². The third kappa shape index (κ3) is 2.70. The summed E-state index contributed by atoms with van der Waals surface area (Å²) in [5.41, 5.74) is 9.41. The Hall–Kier alpha value is -1.96.